The Bertz CT molecular complexity index is 806. The number of nitrogens with zero attached hydrogens (tertiary/aromatic N) is 2. The lowest BCUT2D eigenvalue weighted by atomic mass is 9.73. The van der Waals surface area contributed by atoms with Gasteiger partial charge in [0.2, 0.25) is 11.8 Å². The highest BCUT2D eigenvalue weighted by Crippen LogP contribution is 2.37. The summed E-state index contributed by atoms with van der Waals surface area (Å²) in [5, 5.41) is 6.35. The SMILES string of the molecule is CN1CCCC(NC(=O)CN2CCC3(CCCCc4ccccc4OCCNC3=O)CC2)C1. The molecule has 0 radical (unpaired) electrons. The van der Waals surface area contributed by atoms with E-state index in [0.717, 1.165) is 83.3 Å². The molecule has 4 rings (SSSR count). The van der Waals surface area contributed by atoms with Crippen LogP contribution in [-0.4, -0.2) is 80.6 Å². The Kier molecular flexibility index (Phi) is 8.25. The van der Waals surface area contributed by atoms with Gasteiger partial charge in [-0.25, -0.2) is 0 Å². The zero-order chi connectivity index (χ0) is 23.1. The number of fused-ring (bicyclic) bond motifs is 1. The number of amides is 2. The predicted octanol–water partition coefficient (Wildman–Crippen LogP) is 2.20. The highest BCUT2D eigenvalue weighted by Gasteiger charge is 2.41. The lowest BCUT2D eigenvalue weighted by Gasteiger charge is -2.41. The molecule has 3 aliphatic heterocycles. The van der Waals surface area contributed by atoms with Crippen molar-refractivity contribution in [2.24, 2.45) is 5.41 Å². The summed E-state index contributed by atoms with van der Waals surface area (Å²) in [7, 11) is 2.11. The van der Waals surface area contributed by atoms with Crippen molar-refractivity contribution in [1.82, 2.24) is 20.4 Å². The molecule has 0 aromatic heterocycles. The van der Waals surface area contributed by atoms with Gasteiger partial charge in [-0.15, -0.1) is 0 Å². The van der Waals surface area contributed by atoms with E-state index < -0.39 is 0 Å². The number of ether oxygens (including phenoxy) is 1. The normalized spacial score (nSPS) is 25.1. The Balaban J connectivity index is 1.29. The van der Waals surface area contributed by atoms with Crippen LogP contribution in [0.1, 0.15) is 50.5 Å². The van der Waals surface area contributed by atoms with Crippen LogP contribution < -0.4 is 15.4 Å². The monoisotopic (exact) mass is 456 g/mol. The van der Waals surface area contributed by atoms with E-state index in [1.54, 1.807) is 0 Å². The molecule has 2 amide bonds. The van der Waals surface area contributed by atoms with Crippen molar-refractivity contribution in [2.45, 2.75) is 57.4 Å². The molecule has 1 atom stereocenters. The fraction of sp³-hybridized carbons (Fsp3) is 0.692. The van der Waals surface area contributed by atoms with Crippen molar-refractivity contribution in [3.63, 3.8) is 0 Å². The van der Waals surface area contributed by atoms with Crippen LogP contribution in [0.4, 0.5) is 0 Å². The van der Waals surface area contributed by atoms with Crippen molar-refractivity contribution in [3.8, 4) is 5.75 Å². The lowest BCUT2D eigenvalue weighted by molar-refractivity contribution is -0.135. The molecule has 33 heavy (non-hydrogen) atoms. The zero-order valence-corrected chi connectivity index (χ0v) is 20.1. The average Bonchev–Trinajstić information content (AvgIpc) is 2.80. The summed E-state index contributed by atoms with van der Waals surface area (Å²) in [6.45, 7) is 5.08. The van der Waals surface area contributed by atoms with Crippen LogP contribution in [0.5, 0.6) is 5.75 Å². The van der Waals surface area contributed by atoms with Gasteiger partial charge in [0.1, 0.15) is 12.4 Å². The summed E-state index contributed by atoms with van der Waals surface area (Å²) in [5.41, 5.74) is 0.932. The van der Waals surface area contributed by atoms with Gasteiger partial charge in [0.05, 0.1) is 18.5 Å². The largest absolute Gasteiger partial charge is 0.491 e. The van der Waals surface area contributed by atoms with E-state index in [0.29, 0.717) is 19.7 Å². The maximum absolute atomic E-state index is 13.2. The second-order valence-corrected chi connectivity index (χ2v) is 10.1. The molecule has 3 heterocycles. The molecule has 182 valence electrons. The van der Waals surface area contributed by atoms with Crippen molar-refractivity contribution in [1.29, 1.82) is 0 Å². The zero-order valence-electron chi connectivity index (χ0n) is 20.1. The van der Waals surface area contributed by atoms with Gasteiger partial charge in [-0.05, 0) is 83.3 Å². The van der Waals surface area contributed by atoms with Gasteiger partial charge in [-0.1, -0.05) is 24.6 Å². The second-order valence-electron chi connectivity index (χ2n) is 10.1. The first-order valence-corrected chi connectivity index (χ1v) is 12.7. The number of para-hydroxylation sites is 1. The standard InChI is InChI=1S/C26H40N4O3/c1-29-15-6-9-22(19-29)28-24(31)20-30-16-12-26(13-17-30)11-5-4-8-21-7-2-3-10-23(21)33-18-14-27-25(26)32/h2-3,7,10,22H,4-6,8-9,11-20H2,1H3,(H,27,32)(H,28,31). The Hall–Kier alpha value is -2.12. The third-order valence-corrected chi connectivity index (χ3v) is 7.62. The quantitative estimate of drug-likeness (QED) is 0.730. The number of nitrogens with one attached hydrogen (secondary N) is 2. The van der Waals surface area contributed by atoms with E-state index in [4.69, 9.17) is 4.74 Å². The summed E-state index contributed by atoms with van der Waals surface area (Å²) in [5.74, 6) is 1.22. The molecule has 1 spiro atoms. The first kappa shape index (κ1) is 24.0. The van der Waals surface area contributed by atoms with Crippen LogP contribution in [0.3, 0.4) is 0 Å². The van der Waals surface area contributed by atoms with Gasteiger partial charge >= 0.3 is 0 Å². The van der Waals surface area contributed by atoms with E-state index in [9.17, 15) is 9.59 Å². The minimum absolute atomic E-state index is 0.116. The molecule has 0 aliphatic carbocycles. The molecule has 2 fully saturated rings. The van der Waals surface area contributed by atoms with Gasteiger partial charge in [0, 0.05) is 12.6 Å². The number of likely N-dealkylation sites (N-methyl/N-ethyl adjacent to an activating group) is 1. The van der Waals surface area contributed by atoms with Crippen molar-refractivity contribution < 1.29 is 14.3 Å². The summed E-state index contributed by atoms with van der Waals surface area (Å²) in [6.07, 6.45) is 7.81. The highest BCUT2D eigenvalue weighted by atomic mass is 16.5. The minimum Gasteiger partial charge on any atom is -0.491 e. The molecule has 7 nitrogen and oxygen atoms in total. The van der Waals surface area contributed by atoms with Crippen molar-refractivity contribution >= 4 is 11.8 Å². The number of piperidine rings is 2. The molecule has 7 heteroatoms. The van der Waals surface area contributed by atoms with Gasteiger partial charge < -0.3 is 20.3 Å². The second kappa shape index (κ2) is 11.3. The summed E-state index contributed by atoms with van der Waals surface area (Å²) in [6, 6.07) is 8.49. The topological polar surface area (TPSA) is 73.9 Å². The molecular weight excluding hydrogens is 416 g/mol. The Labute approximate surface area is 198 Å². The van der Waals surface area contributed by atoms with Crippen molar-refractivity contribution in [3.05, 3.63) is 29.8 Å². The molecule has 1 unspecified atom stereocenters. The van der Waals surface area contributed by atoms with Crippen LogP contribution in [0.25, 0.3) is 0 Å². The number of likely N-dealkylation sites (tertiary alicyclic amines) is 2. The highest BCUT2D eigenvalue weighted by molar-refractivity contribution is 5.83. The number of hydrogen-bond acceptors (Lipinski definition) is 5. The average molecular weight is 457 g/mol. The van der Waals surface area contributed by atoms with Crippen LogP contribution in [0.2, 0.25) is 0 Å². The fourth-order valence-corrected chi connectivity index (χ4v) is 5.63. The van der Waals surface area contributed by atoms with E-state index in [-0.39, 0.29) is 23.3 Å². The first-order chi connectivity index (χ1) is 16.0. The molecule has 0 bridgehead atoms. The van der Waals surface area contributed by atoms with E-state index in [1.807, 2.05) is 12.1 Å². The Morgan fingerprint density at radius 2 is 1.97 bits per heavy atom. The number of carbonyl (C=O) groups excluding carboxylic acids is 2. The fourth-order valence-electron chi connectivity index (χ4n) is 5.63. The molecule has 1 aromatic rings. The van der Waals surface area contributed by atoms with Crippen molar-refractivity contribution in [2.75, 3.05) is 52.9 Å². The third kappa shape index (κ3) is 6.48. The molecular formula is C26H40N4O3. The maximum Gasteiger partial charge on any atom is 0.234 e. The summed E-state index contributed by atoms with van der Waals surface area (Å²) >= 11 is 0. The van der Waals surface area contributed by atoms with E-state index in [1.165, 1.54) is 5.56 Å². The third-order valence-electron chi connectivity index (χ3n) is 7.62. The van der Waals surface area contributed by atoms with Crippen LogP contribution in [0, 0.1) is 5.41 Å². The first-order valence-electron chi connectivity index (χ1n) is 12.7. The van der Waals surface area contributed by atoms with E-state index in [2.05, 4.69) is 39.6 Å². The van der Waals surface area contributed by atoms with Gasteiger partial charge in [-0.2, -0.15) is 0 Å². The van der Waals surface area contributed by atoms with E-state index >= 15 is 0 Å². The number of benzene rings is 1. The van der Waals surface area contributed by atoms with Crippen LogP contribution in [0.15, 0.2) is 24.3 Å². The smallest absolute Gasteiger partial charge is 0.234 e. The number of aryl methyl sites for hydroxylation is 1. The van der Waals surface area contributed by atoms with Gasteiger partial charge in [0.15, 0.2) is 0 Å². The Morgan fingerprint density at radius 1 is 1.15 bits per heavy atom. The summed E-state index contributed by atoms with van der Waals surface area (Å²) in [4.78, 5) is 30.3. The predicted molar refractivity (Wildman–Crippen MR) is 129 cm³/mol. The Morgan fingerprint density at radius 3 is 2.79 bits per heavy atom. The molecule has 1 aromatic carbocycles. The molecule has 2 saturated heterocycles. The lowest BCUT2D eigenvalue weighted by Crippen LogP contribution is -2.53. The minimum atomic E-state index is -0.322. The number of rotatable bonds is 3. The molecule has 3 aliphatic rings. The summed E-state index contributed by atoms with van der Waals surface area (Å²) < 4.78 is 5.94. The van der Waals surface area contributed by atoms with Crippen LogP contribution in [-0.2, 0) is 16.0 Å². The number of carbonyl (C=O) groups is 2. The molecule has 0 saturated carbocycles. The molecule has 2 N–H and O–H groups in total. The number of hydrogen-bond donors (Lipinski definition) is 2. The maximum atomic E-state index is 13.2. The van der Waals surface area contributed by atoms with Gasteiger partial charge in [0.25, 0.3) is 0 Å². The van der Waals surface area contributed by atoms with Gasteiger partial charge in [-0.3, -0.25) is 14.5 Å². The van der Waals surface area contributed by atoms with Crippen LogP contribution >= 0.6 is 0 Å².